The van der Waals surface area contributed by atoms with Crippen molar-refractivity contribution in [1.82, 2.24) is 9.97 Å². The third kappa shape index (κ3) is 2.40. The van der Waals surface area contributed by atoms with Gasteiger partial charge in [0.2, 0.25) is 0 Å². The number of nitrogens with zero attached hydrogens (tertiary/aromatic N) is 3. The van der Waals surface area contributed by atoms with Crippen molar-refractivity contribution in [2.75, 3.05) is 5.73 Å². The van der Waals surface area contributed by atoms with Crippen LogP contribution in [0.4, 0.5) is 11.4 Å². The highest BCUT2D eigenvalue weighted by Crippen LogP contribution is 2.26. The topological polar surface area (TPSA) is 64.2 Å². The minimum atomic E-state index is 0.724. The molecule has 1 aromatic carbocycles. The van der Waals surface area contributed by atoms with Crippen molar-refractivity contribution < 1.29 is 0 Å². The number of nitrogen functional groups attached to an aromatic ring is 1. The number of anilines is 1. The molecule has 0 aliphatic rings. The van der Waals surface area contributed by atoms with Gasteiger partial charge in [-0.3, -0.25) is 9.98 Å². The summed E-state index contributed by atoms with van der Waals surface area (Å²) in [6, 6.07) is 7.78. The summed E-state index contributed by atoms with van der Waals surface area (Å²) < 4.78 is 0. The number of hydrogen-bond donors (Lipinski definition) is 1. The summed E-state index contributed by atoms with van der Waals surface area (Å²) in [4.78, 5) is 15.3. The van der Waals surface area contributed by atoms with Crippen LogP contribution in [0.2, 0.25) is 0 Å². The van der Waals surface area contributed by atoms with Crippen LogP contribution < -0.4 is 5.73 Å². The first-order valence-electron chi connectivity index (χ1n) is 6.26. The van der Waals surface area contributed by atoms with Crippen molar-refractivity contribution in [1.29, 1.82) is 0 Å². The molecule has 4 nitrogen and oxygen atoms in total. The Hall–Kier alpha value is -2.27. The minimum Gasteiger partial charge on any atom is -0.399 e. The smallest absolute Gasteiger partial charge is 0.142 e. The Bertz CT molecular complexity index is 771. The number of aromatic nitrogens is 2. The summed E-state index contributed by atoms with van der Waals surface area (Å²) in [7, 11) is 0. The number of hydrogen-bond acceptors (Lipinski definition) is 5. The van der Waals surface area contributed by atoms with Gasteiger partial charge in [0.25, 0.3) is 0 Å². The average molecular weight is 282 g/mol. The molecule has 5 heteroatoms. The van der Waals surface area contributed by atoms with E-state index in [0.717, 1.165) is 37.9 Å². The molecule has 0 aliphatic carbocycles. The first kappa shape index (κ1) is 12.7. The highest BCUT2D eigenvalue weighted by molar-refractivity contribution is 7.20. The van der Waals surface area contributed by atoms with E-state index >= 15 is 0 Å². The van der Waals surface area contributed by atoms with Gasteiger partial charge in [-0.1, -0.05) is 6.07 Å². The molecule has 2 N–H and O–H groups in total. The summed E-state index contributed by atoms with van der Waals surface area (Å²) in [5, 5.41) is 0. The molecule has 0 saturated heterocycles. The monoisotopic (exact) mass is 282 g/mol. The normalized spacial score (nSPS) is 12.0. The fourth-order valence-electron chi connectivity index (χ4n) is 1.93. The highest BCUT2D eigenvalue weighted by Gasteiger charge is 2.07. The number of rotatable bonds is 2. The summed E-state index contributed by atoms with van der Waals surface area (Å²) >= 11 is 1.60. The molecule has 0 fully saturated rings. The highest BCUT2D eigenvalue weighted by atomic mass is 32.1. The number of aliphatic imine (C=N–C) groups is 1. The molecule has 0 spiro atoms. The van der Waals surface area contributed by atoms with E-state index < -0.39 is 0 Å². The molecule has 2 aromatic heterocycles. The largest absolute Gasteiger partial charge is 0.399 e. The van der Waals surface area contributed by atoms with Gasteiger partial charge < -0.3 is 5.73 Å². The van der Waals surface area contributed by atoms with E-state index in [0.29, 0.717) is 0 Å². The van der Waals surface area contributed by atoms with Gasteiger partial charge in [0, 0.05) is 18.1 Å². The molecule has 100 valence electrons. The minimum absolute atomic E-state index is 0.724. The van der Waals surface area contributed by atoms with E-state index in [1.807, 2.05) is 38.1 Å². The molecule has 3 aromatic rings. The fraction of sp³-hybridized carbons (Fsp3) is 0.133. The van der Waals surface area contributed by atoms with Crippen LogP contribution in [0.1, 0.15) is 17.4 Å². The molecule has 2 heterocycles. The molecule has 20 heavy (non-hydrogen) atoms. The molecule has 0 aliphatic heterocycles. The number of fused-ring (bicyclic) bond motifs is 1. The van der Waals surface area contributed by atoms with Gasteiger partial charge in [0.15, 0.2) is 0 Å². The third-order valence-electron chi connectivity index (χ3n) is 3.04. The van der Waals surface area contributed by atoms with Crippen molar-refractivity contribution in [3.63, 3.8) is 0 Å². The molecular formula is C15H14N4S. The number of benzene rings is 1. The molecule has 0 unspecified atom stereocenters. The Labute approximate surface area is 121 Å². The zero-order valence-electron chi connectivity index (χ0n) is 11.3. The van der Waals surface area contributed by atoms with Gasteiger partial charge in [-0.15, -0.1) is 11.3 Å². The van der Waals surface area contributed by atoms with Crippen LogP contribution in [0.15, 0.2) is 41.7 Å². The first-order chi connectivity index (χ1) is 9.63. The maximum Gasteiger partial charge on any atom is 0.142 e. The Morgan fingerprint density at radius 2 is 2.00 bits per heavy atom. The Balaban J connectivity index is 2.04. The molecule has 0 bridgehead atoms. The van der Waals surface area contributed by atoms with Gasteiger partial charge in [0.1, 0.15) is 10.3 Å². The van der Waals surface area contributed by atoms with E-state index in [-0.39, 0.29) is 0 Å². The fourth-order valence-corrected chi connectivity index (χ4v) is 2.83. The van der Waals surface area contributed by atoms with Crippen LogP contribution >= 0.6 is 11.3 Å². The van der Waals surface area contributed by atoms with Crippen molar-refractivity contribution in [2.24, 2.45) is 4.99 Å². The Morgan fingerprint density at radius 3 is 2.80 bits per heavy atom. The second kappa shape index (κ2) is 5.02. The average Bonchev–Trinajstić information content (AvgIpc) is 2.87. The lowest BCUT2D eigenvalue weighted by Crippen LogP contribution is -1.91. The van der Waals surface area contributed by atoms with Gasteiger partial charge in [-0.2, -0.15) is 0 Å². The van der Waals surface area contributed by atoms with Gasteiger partial charge >= 0.3 is 0 Å². The lowest BCUT2D eigenvalue weighted by Gasteiger charge is -2.03. The van der Waals surface area contributed by atoms with Crippen LogP contribution in [0, 0.1) is 6.92 Å². The SMILES string of the molecule is CC(=Nc1cc(N)ccc1C)c1cc2nccnc2s1. The van der Waals surface area contributed by atoms with Crippen molar-refractivity contribution in [3.05, 3.63) is 47.1 Å². The second-order valence-corrected chi connectivity index (χ2v) is 5.63. The first-order valence-corrected chi connectivity index (χ1v) is 7.07. The maximum atomic E-state index is 5.82. The van der Waals surface area contributed by atoms with Gasteiger partial charge in [0.05, 0.1) is 16.3 Å². The maximum absolute atomic E-state index is 5.82. The van der Waals surface area contributed by atoms with Gasteiger partial charge in [-0.25, -0.2) is 4.98 Å². The summed E-state index contributed by atoms with van der Waals surface area (Å²) in [6.45, 7) is 4.02. The van der Waals surface area contributed by atoms with Crippen LogP contribution in [0.25, 0.3) is 10.3 Å². The van der Waals surface area contributed by atoms with Crippen molar-refractivity contribution in [3.8, 4) is 0 Å². The standard InChI is InChI=1S/C15H14N4S/c1-9-3-4-11(16)7-12(9)19-10(2)14-8-13-15(20-14)18-6-5-17-13/h3-8H,16H2,1-2H3. The predicted octanol–water partition coefficient (Wildman–Crippen LogP) is 3.72. The lowest BCUT2D eigenvalue weighted by atomic mass is 10.2. The van der Waals surface area contributed by atoms with E-state index in [2.05, 4.69) is 15.0 Å². The molecule has 0 radical (unpaired) electrons. The zero-order chi connectivity index (χ0) is 14.1. The Kier molecular flexibility index (Phi) is 3.20. The van der Waals surface area contributed by atoms with E-state index in [1.165, 1.54) is 0 Å². The quantitative estimate of drug-likeness (QED) is 0.575. The van der Waals surface area contributed by atoms with E-state index in [4.69, 9.17) is 5.73 Å². The predicted molar refractivity (Wildman–Crippen MR) is 84.9 cm³/mol. The van der Waals surface area contributed by atoms with Crippen molar-refractivity contribution >= 4 is 38.8 Å². The van der Waals surface area contributed by atoms with Crippen LogP contribution in [-0.4, -0.2) is 15.7 Å². The molecule has 3 rings (SSSR count). The van der Waals surface area contributed by atoms with Crippen LogP contribution in [-0.2, 0) is 0 Å². The molecule has 0 amide bonds. The summed E-state index contributed by atoms with van der Waals surface area (Å²) in [5.74, 6) is 0. The second-order valence-electron chi connectivity index (χ2n) is 4.60. The molecule has 0 atom stereocenters. The number of thiophene rings is 1. The van der Waals surface area contributed by atoms with Crippen molar-refractivity contribution in [2.45, 2.75) is 13.8 Å². The van der Waals surface area contributed by atoms with Crippen LogP contribution in [0.3, 0.4) is 0 Å². The number of aryl methyl sites for hydroxylation is 1. The van der Waals surface area contributed by atoms with E-state index in [9.17, 15) is 0 Å². The van der Waals surface area contributed by atoms with E-state index in [1.54, 1.807) is 23.7 Å². The van der Waals surface area contributed by atoms with Gasteiger partial charge in [-0.05, 0) is 37.6 Å². The lowest BCUT2D eigenvalue weighted by molar-refractivity contribution is 1.32. The summed E-state index contributed by atoms with van der Waals surface area (Å²) in [6.07, 6.45) is 3.41. The summed E-state index contributed by atoms with van der Waals surface area (Å²) in [5.41, 5.74) is 10.4. The molecule has 0 saturated carbocycles. The number of nitrogens with two attached hydrogens (primary N) is 1. The molecular weight excluding hydrogens is 268 g/mol. The third-order valence-corrected chi connectivity index (χ3v) is 4.18. The zero-order valence-corrected chi connectivity index (χ0v) is 12.1. The van der Waals surface area contributed by atoms with Crippen LogP contribution in [0.5, 0.6) is 0 Å². The Morgan fingerprint density at radius 1 is 1.20 bits per heavy atom.